The standard InChI is InChI=1S/C15H19ClN2O/c1-11(9-13-5-4-8-19-13)17-12-6-7-15(18(2)3)14(16)10-12/h4-8,10-11,17H,9H2,1-3H3. The maximum atomic E-state index is 6.25. The fraction of sp³-hybridized carbons (Fsp3) is 0.333. The first-order chi connectivity index (χ1) is 9.06. The number of hydrogen-bond donors (Lipinski definition) is 1. The summed E-state index contributed by atoms with van der Waals surface area (Å²) in [5, 5.41) is 4.17. The van der Waals surface area contributed by atoms with Gasteiger partial charge < -0.3 is 14.6 Å². The summed E-state index contributed by atoms with van der Waals surface area (Å²) in [6.07, 6.45) is 2.55. The highest BCUT2D eigenvalue weighted by Crippen LogP contribution is 2.27. The number of nitrogens with zero attached hydrogens (tertiary/aromatic N) is 1. The zero-order chi connectivity index (χ0) is 13.8. The van der Waals surface area contributed by atoms with Crippen molar-refractivity contribution < 1.29 is 4.42 Å². The van der Waals surface area contributed by atoms with Crippen LogP contribution in [-0.4, -0.2) is 20.1 Å². The van der Waals surface area contributed by atoms with Gasteiger partial charge in [-0.2, -0.15) is 0 Å². The highest BCUT2D eigenvalue weighted by Gasteiger charge is 2.08. The number of halogens is 1. The lowest BCUT2D eigenvalue weighted by Gasteiger charge is -2.18. The van der Waals surface area contributed by atoms with Crippen molar-refractivity contribution >= 4 is 23.0 Å². The van der Waals surface area contributed by atoms with Gasteiger partial charge in [-0.1, -0.05) is 11.6 Å². The Labute approximate surface area is 119 Å². The SMILES string of the molecule is CC(Cc1ccco1)Nc1ccc(N(C)C)c(Cl)c1. The highest BCUT2D eigenvalue weighted by atomic mass is 35.5. The van der Waals surface area contributed by atoms with Gasteiger partial charge in [-0.05, 0) is 37.3 Å². The molecule has 4 heteroatoms. The Balaban J connectivity index is 2.01. The van der Waals surface area contributed by atoms with Crippen molar-refractivity contribution in [1.82, 2.24) is 0 Å². The first-order valence-corrected chi connectivity index (χ1v) is 6.70. The van der Waals surface area contributed by atoms with E-state index in [9.17, 15) is 0 Å². The molecule has 1 unspecified atom stereocenters. The van der Waals surface area contributed by atoms with Gasteiger partial charge in [-0.15, -0.1) is 0 Å². The van der Waals surface area contributed by atoms with Crippen molar-refractivity contribution in [3.63, 3.8) is 0 Å². The van der Waals surface area contributed by atoms with E-state index in [0.29, 0.717) is 0 Å². The molecule has 0 fully saturated rings. The summed E-state index contributed by atoms with van der Waals surface area (Å²) in [5.41, 5.74) is 2.04. The average Bonchev–Trinajstić information content (AvgIpc) is 2.81. The molecule has 0 bridgehead atoms. The Morgan fingerprint density at radius 1 is 1.32 bits per heavy atom. The lowest BCUT2D eigenvalue weighted by atomic mass is 10.2. The molecule has 2 aromatic rings. The van der Waals surface area contributed by atoms with E-state index in [1.54, 1.807) is 6.26 Å². The fourth-order valence-corrected chi connectivity index (χ4v) is 2.37. The van der Waals surface area contributed by atoms with E-state index >= 15 is 0 Å². The van der Waals surface area contributed by atoms with E-state index < -0.39 is 0 Å². The van der Waals surface area contributed by atoms with Crippen LogP contribution < -0.4 is 10.2 Å². The third kappa shape index (κ3) is 3.67. The smallest absolute Gasteiger partial charge is 0.105 e. The van der Waals surface area contributed by atoms with Crippen molar-refractivity contribution in [3.05, 3.63) is 47.4 Å². The summed E-state index contributed by atoms with van der Waals surface area (Å²) in [5.74, 6) is 0.982. The number of furan rings is 1. The third-order valence-electron chi connectivity index (χ3n) is 2.93. The molecule has 2 rings (SSSR count). The highest BCUT2D eigenvalue weighted by molar-refractivity contribution is 6.33. The molecule has 0 amide bonds. The Morgan fingerprint density at radius 2 is 2.11 bits per heavy atom. The zero-order valence-corrected chi connectivity index (χ0v) is 12.2. The van der Waals surface area contributed by atoms with Crippen LogP contribution in [0.3, 0.4) is 0 Å². The van der Waals surface area contributed by atoms with Gasteiger partial charge in [0.1, 0.15) is 5.76 Å². The van der Waals surface area contributed by atoms with Crippen molar-refractivity contribution in [2.75, 3.05) is 24.3 Å². The molecule has 1 aromatic carbocycles. The Hall–Kier alpha value is -1.61. The van der Waals surface area contributed by atoms with Crippen LogP contribution in [0.2, 0.25) is 5.02 Å². The topological polar surface area (TPSA) is 28.4 Å². The number of hydrogen-bond acceptors (Lipinski definition) is 3. The molecule has 1 atom stereocenters. The van der Waals surface area contributed by atoms with Crippen LogP contribution in [0.5, 0.6) is 0 Å². The molecule has 0 radical (unpaired) electrons. The first kappa shape index (κ1) is 13.8. The van der Waals surface area contributed by atoms with Crippen LogP contribution in [0.4, 0.5) is 11.4 Å². The van der Waals surface area contributed by atoms with Crippen LogP contribution in [0.15, 0.2) is 41.0 Å². The van der Waals surface area contributed by atoms with Gasteiger partial charge >= 0.3 is 0 Å². The second-order valence-corrected chi connectivity index (χ2v) is 5.30. The first-order valence-electron chi connectivity index (χ1n) is 6.32. The van der Waals surface area contributed by atoms with E-state index in [4.69, 9.17) is 16.0 Å². The number of anilines is 2. The van der Waals surface area contributed by atoms with Crippen LogP contribution in [0.1, 0.15) is 12.7 Å². The van der Waals surface area contributed by atoms with Crippen molar-refractivity contribution in [1.29, 1.82) is 0 Å². The molecular formula is C15H19ClN2O. The van der Waals surface area contributed by atoms with Gasteiger partial charge in [0.05, 0.1) is 17.0 Å². The summed E-state index contributed by atoms with van der Waals surface area (Å²) in [6, 6.07) is 10.2. The predicted octanol–water partition coefficient (Wildman–Crippen LogP) is 4.04. The third-order valence-corrected chi connectivity index (χ3v) is 3.23. The van der Waals surface area contributed by atoms with E-state index in [1.165, 1.54) is 0 Å². The molecule has 0 aliphatic rings. The van der Waals surface area contributed by atoms with Gasteiger partial charge in [0.25, 0.3) is 0 Å². The minimum absolute atomic E-state index is 0.285. The summed E-state index contributed by atoms with van der Waals surface area (Å²) in [7, 11) is 3.96. The lowest BCUT2D eigenvalue weighted by Crippen LogP contribution is -2.18. The largest absolute Gasteiger partial charge is 0.469 e. The van der Waals surface area contributed by atoms with Crippen LogP contribution in [-0.2, 0) is 6.42 Å². The van der Waals surface area contributed by atoms with E-state index in [1.807, 2.05) is 49.3 Å². The molecule has 102 valence electrons. The van der Waals surface area contributed by atoms with Crippen LogP contribution in [0.25, 0.3) is 0 Å². The van der Waals surface area contributed by atoms with E-state index in [2.05, 4.69) is 12.2 Å². The van der Waals surface area contributed by atoms with Crippen LogP contribution >= 0.6 is 11.6 Å². The molecule has 1 N–H and O–H groups in total. The zero-order valence-electron chi connectivity index (χ0n) is 11.5. The van der Waals surface area contributed by atoms with Gasteiger partial charge in [-0.3, -0.25) is 0 Å². The fourth-order valence-electron chi connectivity index (χ4n) is 2.03. The molecule has 0 saturated heterocycles. The maximum Gasteiger partial charge on any atom is 0.105 e. The molecule has 1 aromatic heterocycles. The molecular weight excluding hydrogens is 260 g/mol. The van der Waals surface area contributed by atoms with E-state index in [0.717, 1.165) is 28.6 Å². The molecule has 1 heterocycles. The Morgan fingerprint density at radius 3 is 2.68 bits per heavy atom. The molecule has 0 spiro atoms. The quantitative estimate of drug-likeness (QED) is 0.895. The van der Waals surface area contributed by atoms with Crippen molar-refractivity contribution in [3.8, 4) is 0 Å². The van der Waals surface area contributed by atoms with Crippen LogP contribution in [0, 0.1) is 0 Å². The Bertz CT molecular complexity index is 523. The van der Waals surface area contributed by atoms with Gasteiger partial charge in [0.15, 0.2) is 0 Å². The molecule has 0 saturated carbocycles. The van der Waals surface area contributed by atoms with Gasteiger partial charge in [0, 0.05) is 32.2 Å². The number of rotatable bonds is 5. The number of benzene rings is 1. The minimum Gasteiger partial charge on any atom is -0.469 e. The molecule has 3 nitrogen and oxygen atoms in total. The summed E-state index contributed by atoms with van der Waals surface area (Å²) >= 11 is 6.25. The average molecular weight is 279 g/mol. The second-order valence-electron chi connectivity index (χ2n) is 4.89. The van der Waals surface area contributed by atoms with Crippen molar-refractivity contribution in [2.45, 2.75) is 19.4 Å². The Kier molecular flexibility index (Phi) is 4.38. The lowest BCUT2D eigenvalue weighted by molar-refractivity contribution is 0.498. The molecule has 19 heavy (non-hydrogen) atoms. The minimum atomic E-state index is 0.285. The van der Waals surface area contributed by atoms with Crippen molar-refractivity contribution in [2.24, 2.45) is 0 Å². The number of nitrogens with one attached hydrogen (secondary N) is 1. The summed E-state index contributed by atoms with van der Waals surface area (Å²) < 4.78 is 5.34. The van der Waals surface area contributed by atoms with Gasteiger partial charge in [-0.25, -0.2) is 0 Å². The summed E-state index contributed by atoms with van der Waals surface area (Å²) in [4.78, 5) is 2.00. The monoisotopic (exact) mass is 278 g/mol. The maximum absolute atomic E-state index is 6.25. The molecule has 0 aliphatic heterocycles. The van der Waals surface area contributed by atoms with Gasteiger partial charge in [0.2, 0.25) is 0 Å². The summed E-state index contributed by atoms with van der Waals surface area (Å²) in [6.45, 7) is 2.12. The normalized spacial score (nSPS) is 12.2. The second kappa shape index (κ2) is 6.02. The van der Waals surface area contributed by atoms with E-state index in [-0.39, 0.29) is 6.04 Å². The predicted molar refractivity (Wildman–Crippen MR) is 81.3 cm³/mol. The molecule has 0 aliphatic carbocycles.